The highest BCUT2D eigenvalue weighted by Crippen LogP contribution is 2.21. The van der Waals surface area contributed by atoms with Gasteiger partial charge < -0.3 is 19.5 Å². The molecular weight excluding hydrogens is 414 g/mol. The van der Waals surface area contributed by atoms with Gasteiger partial charge in [-0.05, 0) is 43.2 Å². The number of imidazole rings is 1. The van der Waals surface area contributed by atoms with Crippen LogP contribution in [0.2, 0.25) is 0 Å². The topological polar surface area (TPSA) is 124 Å². The average Bonchev–Trinajstić information content (AvgIpc) is 3.43. The largest absolute Gasteiger partial charge is 0.485 e. The Bertz CT molecular complexity index is 1440. The van der Waals surface area contributed by atoms with Crippen molar-refractivity contribution in [3.63, 3.8) is 0 Å². The molecule has 0 bridgehead atoms. The smallest absolute Gasteiger partial charge is 0.332 e. The summed E-state index contributed by atoms with van der Waals surface area (Å²) in [5.41, 5.74) is 1.57. The Balaban J connectivity index is 1.42. The molecule has 0 spiro atoms. The van der Waals surface area contributed by atoms with Crippen LogP contribution in [0.4, 0.5) is 0 Å². The van der Waals surface area contributed by atoms with Crippen molar-refractivity contribution in [3.05, 3.63) is 79.6 Å². The summed E-state index contributed by atoms with van der Waals surface area (Å²) in [4.78, 5) is 43.8. The number of benzene rings is 1. The average molecular weight is 437 g/mol. The molecule has 0 fully saturated rings. The molecule has 0 unspecified atom stereocenters. The zero-order valence-electron chi connectivity index (χ0n) is 18.2. The molecule has 10 heteroatoms. The van der Waals surface area contributed by atoms with Crippen LogP contribution >= 0.6 is 0 Å². The molecule has 1 amide bonds. The predicted molar refractivity (Wildman–Crippen MR) is 117 cm³/mol. The molecule has 32 heavy (non-hydrogen) atoms. The fourth-order valence-electron chi connectivity index (χ4n) is 3.30. The summed E-state index contributed by atoms with van der Waals surface area (Å²) >= 11 is 0. The lowest BCUT2D eigenvalue weighted by Crippen LogP contribution is -2.36. The molecule has 1 aromatic carbocycles. The van der Waals surface area contributed by atoms with Gasteiger partial charge in [0.15, 0.2) is 11.4 Å². The second-order valence-corrected chi connectivity index (χ2v) is 7.59. The molecule has 0 aliphatic carbocycles. The number of nitrogens with one attached hydrogen (secondary N) is 2. The van der Waals surface area contributed by atoms with E-state index < -0.39 is 17.2 Å². The first-order chi connectivity index (χ1) is 15.2. The van der Waals surface area contributed by atoms with Gasteiger partial charge in [-0.2, -0.15) is 0 Å². The van der Waals surface area contributed by atoms with Crippen LogP contribution in [-0.4, -0.2) is 25.0 Å². The SMILES string of the molecule is Cc1ccc(C)c(OCc2ccc(C(=O)NCc3nc4c([nH]3)c(=O)n(C)c(=O)n4C)o2)c1. The molecule has 0 radical (unpaired) electrons. The third kappa shape index (κ3) is 3.94. The Hall–Kier alpha value is -4.08. The first kappa shape index (κ1) is 21.2. The van der Waals surface area contributed by atoms with Gasteiger partial charge in [0.25, 0.3) is 11.5 Å². The predicted octanol–water partition coefficient (Wildman–Crippen LogP) is 1.68. The van der Waals surface area contributed by atoms with Gasteiger partial charge in [0.05, 0.1) is 6.54 Å². The van der Waals surface area contributed by atoms with Gasteiger partial charge in [-0.15, -0.1) is 0 Å². The maximum absolute atomic E-state index is 12.5. The minimum Gasteiger partial charge on any atom is -0.485 e. The Morgan fingerprint density at radius 3 is 2.72 bits per heavy atom. The van der Waals surface area contributed by atoms with Crippen molar-refractivity contribution in [1.29, 1.82) is 0 Å². The lowest BCUT2D eigenvalue weighted by molar-refractivity contribution is 0.0918. The first-order valence-corrected chi connectivity index (χ1v) is 9.96. The zero-order valence-corrected chi connectivity index (χ0v) is 18.2. The summed E-state index contributed by atoms with van der Waals surface area (Å²) < 4.78 is 13.7. The van der Waals surface area contributed by atoms with E-state index in [4.69, 9.17) is 9.15 Å². The Morgan fingerprint density at radius 1 is 1.16 bits per heavy atom. The second-order valence-electron chi connectivity index (χ2n) is 7.59. The highest BCUT2D eigenvalue weighted by Gasteiger charge is 2.16. The Labute approximate surface area is 182 Å². The molecule has 0 aliphatic heterocycles. The number of aryl methyl sites for hydroxylation is 3. The molecule has 2 N–H and O–H groups in total. The van der Waals surface area contributed by atoms with Gasteiger partial charge in [-0.3, -0.25) is 18.7 Å². The lowest BCUT2D eigenvalue weighted by atomic mass is 10.1. The third-order valence-electron chi connectivity index (χ3n) is 5.16. The van der Waals surface area contributed by atoms with Gasteiger partial charge >= 0.3 is 5.69 Å². The summed E-state index contributed by atoms with van der Waals surface area (Å²) in [7, 11) is 2.92. The van der Waals surface area contributed by atoms with E-state index in [1.54, 1.807) is 12.1 Å². The summed E-state index contributed by atoms with van der Waals surface area (Å²) in [6.45, 7) is 4.17. The van der Waals surface area contributed by atoms with E-state index >= 15 is 0 Å². The molecular formula is C22H23N5O5. The number of H-pyrrole nitrogens is 1. The van der Waals surface area contributed by atoms with E-state index in [9.17, 15) is 14.4 Å². The summed E-state index contributed by atoms with van der Waals surface area (Å²) in [6, 6.07) is 9.19. The summed E-state index contributed by atoms with van der Waals surface area (Å²) in [6.07, 6.45) is 0. The number of amides is 1. The summed E-state index contributed by atoms with van der Waals surface area (Å²) in [5, 5.41) is 2.68. The number of ether oxygens (including phenoxy) is 1. The molecule has 166 valence electrons. The van der Waals surface area contributed by atoms with Crippen LogP contribution in [0, 0.1) is 13.8 Å². The Morgan fingerprint density at radius 2 is 1.94 bits per heavy atom. The van der Waals surface area contributed by atoms with Crippen LogP contribution in [0.5, 0.6) is 5.75 Å². The summed E-state index contributed by atoms with van der Waals surface area (Å²) in [5.74, 6) is 1.31. The fourth-order valence-corrected chi connectivity index (χ4v) is 3.30. The van der Waals surface area contributed by atoms with E-state index in [0.717, 1.165) is 21.4 Å². The van der Waals surface area contributed by atoms with Gasteiger partial charge in [0.2, 0.25) is 0 Å². The second kappa shape index (κ2) is 8.22. The number of aromatic amines is 1. The van der Waals surface area contributed by atoms with Crippen molar-refractivity contribution in [1.82, 2.24) is 24.4 Å². The zero-order chi connectivity index (χ0) is 23.0. The molecule has 10 nitrogen and oxygen atoms in total. The molecule has 3 aromatic heterocycles. The highest BCUT2D eigenvalue weighted by molar-refractivity contribution is 5.91. The highest BCUT2D eigenvalue weighted by atomic mass is 16.5. The van der Waals surface area contributed by atoms with Crippen molar-refractivity contribution < 1.29 is 13.9 Å². The molecule has 0 aliphatic rings. The monoisotopic (exact) mass is 437 g/mol. The molecule has 4 aromatic rings. The van der Waals surface area contributed by atoms with Gasteiger partial charge in [0.1, 0.15) is 29.5 Å². The van der Waals surface area contributed by atoms with Crippen LogP contribution in [0.15, 0.2) is 44.3 Å². The van der Waals surface area contributed by atoms with Crippen LogP contribution in [0.25, 0.3) is 11.2 Å². The van der Waals surface area contributed by atoms with E-state index in [2.05, 4.69) is 15.3 Å². The number of hydrogen-bond donors (Lipinski definition) is 2. The first-order valence-electron chi connectivity index (χ1n) is 9.96. The van der Waals surface area contributed by atoms with Crippen molar-refractivity contribution in [3.8, 4) is 5.75 Å². The van der Waals surface area contributed by atoms with Crippen molar-refractivity contribution >= 4 is 17.1 Å². The minimum atomic E-state index is -0.479. The molecule has 3 heterocycles. The van der Waals surface area contributed by atoms with Crippen molar-refractivity contribution in [2.75, 3.05) is 0 Å². The van der Waals surface area contributed by atoms with Gasteiger partial charge in [0, 0.05) is 14.1 Å². The standard InChI is InChI=1S/C22H23N5O5/c1-12-5-6-13(2)16(9-12)31-11-14-7-8-15(32-14)20(28)23-10-17-24-18-19(25-17)26(3)22(30)27(4)21(18)29/h5-9H,10-11H2,1-4H3,(H,23,28)(H,24,25). The molecule has 0 atom stereocenters. The number of fused-ring (bicyclic) bond motifs is 1. The fraction of sp³-hybridized carbons (Fsp3) is 0.273. The number of carbonyl (C=O) groups is 1. The minimum absolute atomic E-state index is 0.0277. The number of furan rings is 1. The van der Waals surface area contributed by atoms with Crippen molar-refractivity contribution in [2.24, 2.45) is 14.1 Å². The third-order valence-corrected chi connectivity index (χ3v) is 5.16. The maximum Gasteiger partial charge on any atom is 0.332 e. The van der Waals surface area contributed by atoms with E-state index in [-0.39, 0.29) is 30.1 Å². The van der Waals surface area contributed by atoms with Gasteiger partial charge in [-0.25, -0.2) is 9.78 Å². The van der Waals surface area contributed by atoms with E-state index in [1.165, 1.54) is 18.7 Å². The number of aromatic nitrogens is 4. The van der Waals surface area contributed by atoms with E-state index in [0.29, 0.717) is 11.6 Å². The van der Waals surface area contributed by atoms with E-state index in [1.807, 2.05) is 32.0 Å². The van der Waals surface area contributed by atoms with Crippen LogP contribution in [0.1, 0.15) is 33.3 Å². The van der Waals surface area contributed by atoms with Crippen LogP contribution in [0.3, 0.4) is 0 Å². The van der Waals surface area contributed by atoms with Crippen molar-refractivity contribution in [2.45, 2.75) is 27.0 Å². The number of nitrogens with zero attached hydrogens (tertiary/aromatic N) is 3. The number of hydrogen-bond acceptors (Lipinski definition) is 6. The Kier molecular flexibility index (Phi) is 5.43. The molecule has 0 saturated heterocycles. The van der Waals surface area contributed by atoms with Gasteiger partial charge in [-0.1, -0.05) is 12.1 Å². The number of rotatable bonds is 6. The maximum atomic E-state index is 12.5. The van der Waals surface area contributed by atoms with Crippen LogP contribution in [-0.2, 0) is 27.2 Å². The molecule has 0 saturated carbocycles. The number of carbonyl (C=O) groups excluding carboxylic acids is 1. The van der Waals surface area contributed by atoms with Crippen LogP contribution < -0.4 is 21.3 Å². The quantitative estimate of drug-likeness (QED) is 0.473. The lowest BCUT2D eigenvalue weighted by Gasteiger charge is -2.08. The molecule has 4 rings (SSSR count). The normalized spacial score (nSPS) is 11.1.